The van der Waals surface area contributed by atoms with Crippen molar-refractivity contribution in [3.05, 3.63) is 64.5 Å². The summed E-state index contributed by atoms with van der Waals surface area (Å²) in [4.78, 5) is 38.8. The van der Waals surface area contributed by atoms with E-state index in [1.165, 1.54) is 18.2 Å². The Morgan fingerprint density at radius 1 is 1.14 bits per heavy atom. The first-order valence-corrected chi connectivity index (χ1v) is 12.6. The number of nitrogens with zero attached hydrogens (tertiary/aromatic N) is 2. The van der Waals surface area contributed by atoms with Gasteiger partial charge in [-0.3, -0.25) is 19.3 Å². The first-order valence-electron chi connectivity index (χ1n) is 12.6. The van der Waals surface area contributed by atoms with Gasteiger partial charge in [0, 0.05) is 32.2 Å². The molecule has 2 aromatic carbocycles. The fourth-order valence-electron chi connectivity index (χ4n) is 4.86. The maximum absolute atomic E-state index is 14.7. The first-order chi connectivity index (χ1) is 19.6. The van der Waals surface area contributed by atoms with Gasteiger partial charge in [-0.25, -0.2) is 9.29 Å². The molecule has 228 valence electrons. The number of hydrogen-bond donors (Lipinski definition) is 8. The van der Waals surface area contributed by atoms with Gasteiger partial charge in [-0.2, -0.15) is 0 Å². The van der Waals surface area contributed by atoms with Crippen LogP contribution in [-0.4, -0.2) is 114 Å². The fourth-order valence-corrected chi connectivity index (χ4v) is 4.86. The van der Waals surface area contributed by atoms with Crippen LogP contribution in [0.1, 0.15) is 27.0 Å². The van der Waals surface area contributed by atoms with Gasteiger partial charge in [0.05, 0.1) is 24.3 Å². The number of aldehydes is 1. The lowest BCUT2D eigenvalue weighted by Crippen LogP contribution is -2.81. The summed E-state index contributed by atoms with van der Waals surface area (Å²) in [7, 11) is 0.821. The number of morpholine rings is 1. The summed E-state index contributed by atoms with van der Waals surface area (Å²) in [6, 6.07) is 7.70. The molecule has 42 heavy (non-hydrogen) atoms. The molecule has 1 fully saturated rings. The van der Waals surface area contributed by atoms with E-state index in [0.29, 0.717) is 32.8 Å². The minimum Gasteiger partial charge on any atom is -0.488 e. The Hall–Kier alpha value is -3.58. The number of ether oxygens (including phenoxy) is 2. The Kier molecular flexibility index (Phi) is 8.40. The van der Waals surface area contributed by atoms with E-state index in [2.05, 4.69) is 4.90 Å². The number of amides is 2. The van der Waals surface area contributed by atoms with E-state index >= 15 is 0 Å². The number of carbonyl (C=O) groups is 3. The van der Waals surface area contributed by atoms with Gasteiger partial charge < -0.3 is 50.5 Å². The SMILES string of the molecule is CNC(=O)C(O)(N1C(=O)c2cccc(OCc3cc(CN4CCOCC4)ccc3F)c2C1(O)O)C(O)(O)C(O)(O)C=O. The molecule has 0 aromatic heterocycles. The molecule has 2 aliphatic rings. The molecule has 2 aromatic rings. The van der Waals surface area contributed by atoms with Crippen molar-refractivity contribution in [1.29, 1.82) is 0 Å². The summed E-state index contributed by atoms with van der Waals surface area (Å²) in [6.45, 7) is 2.50. The Bertz CT molecular complexity index is 1380. The summed E-state index contributed by atoms with van der Waals surface area (Å²) in [5.74, 6) is -17.4. The number of benzene rings is 2. The van der Waals surface area contributed by atoms with Crippen LogP contribution in [0, 0.1) is 5.82 Å². The normalized spacial score (nSPS) is 18.8. The molecule has 15 nitrogen and oxygen atoms in total. The maximum atomic E-state index is 14.7. The van der Waals surface area contributed by atoms with Gasteiger partial charge in [0.1, 0.15) is 18.2 Å². The summed E-state index contributed by atoms with van der Waals surface area (Å²) in [5.41, 5.74) is -4.96. The molecule has 0 radical (unpaired) electrons. The van der Waals surface area contributed by atoms with Gasteiger partial charge in [0.25, 0.3) is 35.0 Å². The minimum absolute atomic E-state index is 0.0592. The van der Waals surface area contributed by atoms with E-state index < -0.39 is 75.5 Å². The van der Waals surface area contributed by atoms with Gasteiger partial charge in [-0.1, -0.05) is 12.1 Å². The van der Waals surface area contributed by atoms with E-state index in [9.17, 15) is 54.5 Å². The van der Waals surface area contributed by atoms with Crippen LogP contribution < -0.4 is 10.1 Å². The van der Waals surface area contributed by atoms with Crippen molar-refractivity contribution >= 4 is 18.1 Å². The quantitative estimate of drug-likeness (QED) is 0.1000. The molecule has 0 bridgehead atoms. The highest BCUT2D eigenvalue weighted by Gasteiger charge is 2.74. The van der Waals surface area contributed by atoms with Crippen LogP contribution in [0.15, 0.2) is 36.4 Å². The molecule has 1 saturated heterocycles. The van der Waals surface area contributed by atoms with Crippen LogP contribution in [0.25, 0.3) is 0 Å². The Balaban J connectivity index is 1.70. The maximum Gasteiger partial charge on any atom is 0.287 e. The van der Waals surface area contributed by atoms with Crippen molar-refractivity contribution in [3.8, 4) is 5.75 Å². The summed E-state index contributed by atoms with van der Waals surface area (Å²) >= 11 is 0. The zero-order valence-electron chi connectivity index (χ0n) is 22.2. The summed E-state index contributed by atoms with van der Waals surface area (Å²) in [5, 5.41) is 75.7. The lowest BCUT2D eigenvalue weighted by Gasteiger charge is -2.48. The van der Waals surface area contributed by atoms with Crippen molar-refractivity contribution in [2.24, 2.45) is 0 Å². The smallest absolute Gasteiger partial charge is 0.287 e. The van der Waals surface area contributed by atoms with Crippen LogP contribution in [0.2, 0.25) is 0 Å². The predicted molar refractivity (Wildman–Crippen MR) is 135 cm³/mol. The molecular formula is C26H30FN3O12. The highest BCUT2D eigenvalue weighted by atomic mass is 19.1. The van der Waals surface area contributed by atoms with Crippen molar-refractivity contribution in [3.63, 3.8) is 0 Å². The molecule has 0 spiro atoms. The molecule has 8 N–H and O–H groups in total. The largest absolute Gasteiger partial charge is 0.488 e. The van der Waals surface area contributed by atoms with E-state index in [1.807, 2.05) is 0 Å². The highest BCUT2D eigenvalue weighted by Crippen LogP contribution is 2.47. The molecule has 4 rings (SSSR count). The molecule has 1 atom stereocenters. The standard InChI is InChI=1S/C26H30FN3O12/c1-28-22(33)24(36,26(39,40)23(34,35)14-31)30-21(32)17-3-2-4-19(20(17)25(30,37)38)42-13-16-11-15(5-6-18(16)27)12-29-7-9-41-10-8-29/h2-6,11,14,34-40H,7-10,12-13H2,1H3,(H,28,33). The third kappa shape index (κ3) is 5.02. The van der Waals surface area contributed by atoms with E-state index in [-0.39, 0.29) is 5.56 Å². The van der Waals surface area contributed by atoms with Gasteiger partial charge in [0.2, 0.25) is 0 Å². The van der Waals surface area contributed by atoms with Crippen LogP contribution in [-0.2, 0) is 33.4 Å². The average Bonchev–Trinajstić information content (AvgIpc) is 3.17. The van der Waals surface area contributed by atoms with Crippen LogP contribution >= 0.6 is 0 Å². The second kappa shape index (κ2) is 11.3. The average molecular weight is 596 g/mol. The molecule has 16 heteroatoms. The molecule has 1 unspecified atom stereocenters. The molecule has 0 aliphatic carbocycles. The molecule has 2 aliphatic heterocycles. The van der Waals surface area contributed by atoms with Crippen molar-refractivity contribution in [2.45, 2.75) is 36.4 Å². The number of nitrogens with one attached hydrogen (secondary N) is 1. The number of likely N-dealkylation sites (N-methyl/N-ethyl adjacent to an activating group) is 1. The van der Waals surface area contributed by atoms with E-state index in [1.54, 1.807) is 11.4 Å². The fraction of sp³-hybridized carbons (Fsp3) is 0.423. The van der Waals surface area contributed by atoms with Gasteiger partial charge in [-0.15, -0.1) is 0 Å². The first kappa shape index (κ1) is 31.4. The number of fused-ring (bicyclic) bond motifs is 1. The topological polar surface area (TPSA) is 230 Å². The Morgan fingerprint density at radius 2 is 1.81 bits per heavy atom. The number of hydrogen-bond acceptors (Lipinski definition) is 13. The summed E-state index contributed by atoms with van der Waals surface area (Å²) in [6.07, 6.45) is -0.874. The van der Waals surface area contributed by atoms with Crippen molar-refractivity contribution in [1.82, 2.24) is 15.1 Å². The summed E-state index contributed by atoms with van der Waals surface area (Å²) < 4.78 is 25.6. The van der Waals surface area contributed by atoms with Crippen LogP contribution in [0.5, 0.6) is 5.75 Å². The van der Waals surface area contributed by atoms with E-state index in [0.717, 1.165) is 24.7 Å². The van der Waals surface area contributed by atoms with Crippen molar-refractivity contribution in [2.75, 3.05) is 33.4 Å². The van der Waals surface area contributed by atoms with Gasteiger partial charge >= 0.3 is 0 Å². The third-order valence-electron chi connectivity index (χ3n) is 7.14. The molecule has 0 saturated carbocycles. The second-order valence-corrected chi connectivity index (χ2v) is 9.83. The molecule has 2 amide bonds. The lowest BCUT2D eigenvalue weighted by atomic mass is 9.91. The van der Waals surface area contributed by atoms with Crippen molar-refractivity contribution < 1.29 is 64.0 Å². The second-order valence-electron chi connectivity index (χ2n) is 9.83. The zero-order valence-corrected chi connectivity index (χ0v) is 22.2. The van der Waals surface area contributed by atoms with Crippen LogP contribution in [0.4, 0.5) is 4.39 Å². The lowest BCUT2D eigenvalue weighted by molar-refractivity contribution is -0.426. The van der Waals surface area contributed by atoms with Gasteiger partial charge in [-0.05, 0) is 29.8 Å². The number of carbonyl (C=O) groups excluding carboxylic acids is 3. The Morgan fingerprint density at radius 3 is 2.43 bits per heavy atom. The molecular weight excluding hydrogens is 565 g/mol. The number of halogens is 1. The van der Waals surface area contributed by atoms with E-state index in [4.69, 9.17) is 9.47 Å². The zero-order chi connectivity index (χ0) is 31.1. The van der Waals surface area contributed by atoms with Gasteiger partial charge in [0.15, 0.2) is 6.29 Å². The Labute approximate surface area is 237 Å². The number of rotatable bonds is 10. The third-order valence-corrected chi connectivity index (χ3v) is 7.14. The molecule has 2 heterocycles. The monoisotopic (exact) mass is 595 g/mol. The number of aliphatic hydroxyl groups is 7. The highest BCUT2D eigenvalue weighted by molar-refractivity contribution is 6.04. The van der Waals surface area contributed by atoms with Crippen LogP contribution in [0.3, 0.4) is 0 Å². The predicted octanol–water partition coefficient (Wildman–Crippen LogP) is -3.22. The minimum atomic E-state index is -4.64.